The zero-order valence-corrected chi connectivity index (χ0v) is 9.26. The molecule has 3 heterocycles. The van der Waals surface area contributed by atoms with Gasteiger partial charge in [0, 0.05) is 25.5 Å². The first-order chi connectivity index (χ1) is 7.63. The minimum absolute atomic E-state index is 0.00218. The van der Waals surface area contributed by atoms with E-state index in [2.05, 4.69) is 9.88 Å². The molecule has 1 fully saturated rings. The van der Waals surface area contributed by atoms with E-state index in [0.717, 1.165) is 18.8 Å². The number of imidazole rings is 1. The first-order valence-electron chi connectivity index (χ1n) is 5.41. The summed E-state index contributed by atoms with van der Waals surface area (Å²) in [5.74, 6) is 0.875. The number of likely N-dealkylation sites (N-methyl/N-ethyl adjacent to an activating group) is 1. The number of likely N-dealkylation sites (tertiary alicyclic amines) is 1. The lowest BCUT2D eigenvalue weighted by Gasteiger charge is -2.39. The van der Waals surface area contributed by atoms with Gasteiger partial charge in [0.15, 0.2) is 0 Å². The molecule has 6 heteroatoms. The molecule has 0 saturated carbocycles. The Morgan fingerprint density at radius 1 is 1.56 bits per heavy atom. The predicted molar refractivity (Wildman–Crippen MR) is 58.6 cm³/mol. The summed E-state index contributed by atoms with van der Waals surface area (Å²) in [7, 11) is 7.79. The van der Waals surface area contributed by atoms with Crippen molar-refractivity contribution in [2.24, 2.45) is 0 Å². The number of nitrogens with zero attached hydrogens (tertiary/aromatic N) is 4. The lowest BCUT2D eigenvalue weighted by Crippen LogP contribution is -2.55. The van der Waals surface area contributed by atoms with Gasteiger partial charge in [0.25, 0.3) is 0 Å². The molecule has 1 aromatic heterocycles. The molecule has 0 bridgehead atoms. The molecule has 5 nitrogen and oxygen atoms in total. The number of hydrogen-bond donors (Lipinski definition) is 0. The number of rotatable bonds is 0. The van der Waals surface area contributed by atoms with Crippen LogP contribution in [0.1, 0.15) is 12.2 Å². The average Bonchev–Trinajstić information content (AvgIpc) is 2.83. The zero-order valence-electron chi connectivity index (χ0n) is 9.26. The maximum absolute atomic E-state index is 12.3. The fourth-order valence-electron chi connectivity index (χ4n) is 2.79. The van der Waals surface area contributed by atoms with E-state index in [-0.39, 0.29) is 5.91 Å². The van der Waals surface area contributed by atoms with Crippen molar-refractivity contribution < 1.29 is 4.79 Å². The molecular formula is C10H13BN4O. The largest absolute Gasteiger partial charge is 0.388 e. The molecule has 0 aromatic carbocycles. The minimum atomic E-state index is -0.520. The van der Waals surface area contributed by atoms with Gasteiger partial charge in [-0.15, -0.1) is 0 Å². The van der Waals surface area contributed by atoms with Crippen LogP contribution in [0.25, 0.3) is 0 Å². The highest BCUT2D eigenvalue weighted by Crippen LogP contribution is 2.34. The molecule has 2 aliphatic rings. The van der Waals surface area contributed by atoms with Crippen LogP contribution in [0, 0.1) is 0 Å². The molecule has 1 aromatic rings. The van der Waals surface area contributed by atoms with Gasteiger partial charge in [-0.25, -0.2) is 4.98 Å². The Kier molecular flexibility index (Phi) is 1.92. The Morgan fingerprint density at radius 2 is 2.38 bits per heavy atom. The summed E-state index contributed by atoms with van der Waals surface area (Å²) in [6, 6.07) is 0. The average molecular weight is 216 g/mol. The van der Waals surface area contributed by atoms with E-state index in [4.69, 9.17) is 7.98 Å². The van der Waals surface area contributed by atoms with E-state index in [1.165, 1.54) is 4.81 Å². The van der Waals surface area contributed by atoms with Gasteiger partial charge in [-0.1, -0.05) is 0 Å². The van der Waals surface area contributed by atoms with Gasteiger partial charge in [-0.05, 0) is 13.5 Å². The van der Waals surface area contributed by atoms with Gasteiger partial charge >= 0.3 is 0 Å². The standard InChI is InChI=1S/C10H13BN4O/c1-13-4-2-10(7-13)9(16)15(11)6-8-12-3-5-14(8)10/h3,5H,2,4,6-7H2,1H3. The molecule has 1 saturated heterocycles. The second-order valence-corrected chi connectivity index (χ2v) is 4.67. The summed E-state index contributed by atoms with van der Waals surface area (Å²) in [6.07, 6.45) is 4.43. The van der Waals surface area contributed by atoms with E-state index in [9.17, 15) is 4.79 Å². The van der Waals surface area contributed by atoms with Crippen LogP contribution in [0.5, 0.6) is 0 Å². The van der Waals surface area contributed by atoms with E-state index in [1.54, 1.807) is 6.20 Å². The molecule has 0 N–H and O–H groups in total. The van der Waals surface area contributed by atoms with Crippen molar-refractivity contribution in [3.05, 3.63) is 18.2 Å². The number of fused-ring (bicyclic) bond motifs is 2. The summed E-state index contributed by atoms with van der Waals surface area (Å²) in [4.78, 5) is 20.0. The van der Waals surface area contributed by atoms with Gasteiger partial charge in [0.05, 0.1) is 6.54 Å². The van der Waals surface area contributed by atoms with E-state index >= 15 is 0 Å². The quantitative estimate of drug-likeness (QED) is 0.540. The first-order valence-corrected chi connectivity index (χ1v) is 5.41. The highest BCUT2D eigenvalue weighted by atomic mass is 16.2. The molecular weight excluding hydrogens is 203 g/mol. The summed E-state index contributed by atoms with van der Waals surface area (Å²) in [6.45, 7) is 2.03. The molecule has 82 valence electrons. The molecule has 1 amide bonds. The van der Waals surface area contributed by atoms with E-state index < -0.39 is 5.54 Å². The van der Waals surface area contributed by atoms with Gasteiger partial charge in [0.1, 0.15) is 11.4 Å². The van der Waals surface area contributed by atoms with Gasteiger partial charge in [-0.3, -0.25) is 4.79 Å². The van der Waals surface area contributed by atoms with Crippen LogP contribution in [0.2, 0.25) is 0 Å². The molecule has 2 aliphatic heterocycles. The maximum Gasteiger partial charge on any atom is 0.237 e. The number of amides is 1. The normalized spacial score (nSPS) is 30.1. The van der Waals surface area contributed by atoms with Crippen LogP contribution in [-0.4, -0.2) is 53.3 Å². The number of carbonyl (C=O) groups excluding carboxylic acids is 1. The Labute approximate surface area is 95.5 Å². The second-order valence-electron chi connectivity index (χ2n) is 4.67. The van der Waals surface area contributed by atoms with Crippen LogP contribution in [0.3, 0.4) is 0 Å². The highest BCUT2D eigenvalue weighted by molar-refractivity contribution is 6.16. The minimum Gasteiger partial charge on any atom is -0.388 e. The molecule has 3 rings (SSSR count). The van der Waals surface area contributed by atoms with Gasteiger partial charge in [-0.2, -0.15) is 0 Å². The fourth-order valence-corrected chi connectivity index (χ4v) is 2.79. The smallest absolute Gasteiger partial charge is 0.237 e. The van der Waals surface area contributed by atoms with Crippen molar-refractivity contribution in [1.29, 1.82) is 0 Å². The van der Waals surface area contributed by atoms with Gasteiger partial charge < -0.3 is 14.3 Å². The topological polar surface area (TPSA) is 41.4 Å². The third-order valence-electron chi connectivity index (χ3n) is 3.59. The predicted octanol–water partition coefficient (Wildman–Crippen LogP) is -0.660. The van der Waals surface area contributed by atoms with E-state index in [1.807, 2.05) is 17.8 Å². The van der Waals surface area contributed by atoms with Crippen molar-refractivity contribution in [2.45, 2.75) is 18.5 Å². The van der Waals surface area contributed by atoms with Crippen LogP contribution in [-0.2, 0) is 16.9 Å². The summed E-state index contributed by atoms with van der Waals surface area (Å²) >= 11 is 0. The Hall–Kier alpha value is -1.30. The molecule has 1 spiro atoms. The fraction of sp³-hybridized carbons (Fsp3) is 0.600. The van der Waals surface area contributed by atoms with E-state index in [0.29, 0.717) is 13.1 Å². The van der Waals surface area contributed by atoms with Crippen molar-refractivity contribution in [1.82, 2.24) is 19.3 Å². The van der Waals surface area contributed by atoms with Gasteiger partial charge in [0.2, 0.25) is 13.9 Å². The van der Waals surface area contributed by atoms with Crippen LogP contribution in [0.4, 0.5) is 0 Å². The molecule has 1 atom stereocenters. The number of aromatic nitrogens is 2. The van der Waals surface area contributed by atoms with Crippen molar-refractivity contribution in [3.8, 4) is 0 Å². The lowest BCUT2D eigenvalue weighted by molar-refractivity contribution is -0.138. The lowest BCUT2D eigenvalue weighted by atomic mass is 9.92. The Bertz CT molecular complexity index is 446. The Morgan fingerprint density at radius 3 is 3.06 bits per heavy atom. The van der Waals surface area contributed by atoms with Crippen LogP contribution in [0.15, 0.2) is 12.4 Å². The number of hydrogen-bond acceptors (Lipinski definition) is 3. The molecule has 2 radical (unpaired) electrons. The van der Waals surface area contributed by atoms with Crippen molar-refractivity contribution >= 4 is 13.9 Å². The summed E-state index contributed by atoms with van der Waals surface area (Å²) in [5.41, 5.74) is -0.520. The Balaban J connectivity index is 2.13. The monoisotopic (exact) mass is 216 g/mol. The first kappa shape index (κ1) is 9.90. The third-order valence-corrected chi connectivity index (χ3v) is 3.59. The van der Waals surface area contributed by atoms with Crippen LogP contribution < -0.4 is 0 Å². The molecule has 16 heavy (non-hydrogen) atoms. The van der Waals surface area contributed by atoms with Crippen LogP contribution >= 0.6 is 0 Å². The molecule has 0 aliphatic carbocycles. The molecule has 1 unspecified atom stereocenters. The summed E-state index contributed by atoms with van der Waals surface area (Å²) < 4.78 is 2.00. The maximum atomic E-state index is 12.3. The SMILES string of the molecule is [B]N1Cc2nccn2C2(CCN(C)C2)C1=O. The third kappa shape index (κ3) is 1.10. The van der Waals surface area contributed by atoms with Crippen molar-refractivity contribution in [2.75, 3.05) is 20.1 Å². The zero-order chi connectivity index (χ0) is 11.3. The number of carbonyl (C=O) groups is 1. The highest BCUT2D eigenvalue weighted by Gasteiger charge is 2.49. The van der Waals surface area contributed by atoms with Crippen molar-refractivity contribution in [3.63, 3.8) is 0 Å². The summed E-state index contributed by atoms with van der Waals surface area (Å²) in [5, 5.41) is 0. The second kappa shape index (κ2) is 3.10.